The molecule has 2 aromatic carbocycles. The minimum atomic E-state index is -1.41. The van der Waals surface area contributed by atoms with Crippen molar-refractivity contribution in [2.24, 2.45) is 0 Å². The molecule has 0 saturated heterocycles. The largest absolute Gasteiger partial charge is 0.481 e. The van der Waals surface area contributed by atoms with Crippen molar-refractivity contribution in [3.8, 4) is 0 Å². The lowest BCUT2D eigenvalue weighted by Gasteiger charge is -2.27. The van der Waals surface area contributed by atoms with E-state index in [2.05, 4.69) is 16.0 Å². The lowest BCUT2D eigenvalue weighted by atomic mass is 9.98. The number of rotatable bonds is 15. The van der Waals surface area contributed by atoms with Gasteiger partial charge in [0, 0.05) is 12.8 Å². The first-order valence-electron chi connectivity index (χ1n) is 13.5. The highest BCUT2D eigenvalue weighted by molar-refractivity contribution is 5.91. The fourth-order valence-corrected chi connectivity index (χ4v) is 4.05. The summed E-state index contributed by atoms with van der Waals surface area (Å²) < 4.78 is 5.29. The van der Waals surface area contributed by atoms with Crippen LogP contribution in [-0.2, 0) is 36.8 Å². The summed E-state index contributed by atoms with van der Waals surface area (Å²) in [6.45, 7) is 5.04. The number of hydrogen-bond acceptors (Lipinski definition) is 7. The Balaban J connectivity index is 2.13. The number of aliphatic carboxylic acids is 2. The molecule has 3 amide bonds. The van der Waals surface area contributed by atoms with Gasteiger partial charge in [0.2, 0.25) is 11.8 Å². The Morgan fingerprint density at radius 1 is 0.786 bits per heavy atom. The summed E-state index contributed by atoms with van der Waals surface area (Å²) in [5, 5.41) is 37.1. The van der Waals surface area contributed by atoms with Crippen LogP contribution in [0.4, 0.5) is 4.79 Å². The van der Waals surface area contributed by atoms with E-state index in [1.807, 2.05) is 0 Å². The average molecular weight is 586 g/mol. The van der Waals surface area contributed by atoms with Gasteiger partial charge < -0.3 is 36.0 Å². The Labute approximate surface area is 244 Å². The number of carbonyl (C=O) groups excluding carboxylic acids is 3. The molecule has 0 fully saturated rings. The zero-order valence-electron chi connectivity index (χ0n) is 23.9. The first-order chi connectivity index (χ1) is 19.7. The van der Waals surface area contributed by atoms with E-state index in [0.29, 0.717) is 5.56 Å². The van der Waals surface area contributed by atoms with Gasteiger partial charge in [0.15, 0.2) is 0 Å². The van der Waals surface area contributed by atoms with Crippen LogP contribution < -0.4 is 16.0 Å². The molecule has 0 saturated carbocycles. The Kier molecular flexibility index (Phi) is 12.9. The molecule has 0 bridgehead atoms. The molecule has 0 aromatic heterocycles. The molecule has 0 spiro atoms. The van der Waals surface area contributed by atoms with Gasteiger partial charge in [-0.3, -0.25) is 14.4 Å². The molecule has 2 rings (SSSR count). The van der Waals surface area contributed by atoms with Crippen LogP contribution in [0.1, 0.15) is 51.2 Å². The molecule has 0 aliphatic carbocycles. The predicted octanol–water partition coefficient (Wildman–Crippen LogP) is 2.04. The number of carboxylic acids is 2. The van der Waals surface area contributed by atoms with Crippen molar-refractivity contribution in [3.63, 3.8) is 0 Å². The maximum atomic E-state index is 13.0. The van der Waals surface area contributed by atoms with E-state index in [-0.39, 0.29) is 19.3 Å². The standard InChI is InChI=1S/C30H39N3O9/c1-30(2,3)42-29(41)33-22(16-19-10-6-4-7-11-19)24(34)18-25(35)31-21(14-15-26(36)37)27(38)32-23(28(39)40)17-20-12-8-5-9-13-20/h4-13,21-24,34H,14-18H2,1-3H3,(H,31,35)(H,32,38)(H,33,41)(H,36,37)(H,39,40)/t21-,22+,23-,24+/m0/s1. The number of benzene rings is 2. The van der Waals surface area contributed by atoms with Gasteiger partial charge >= 0.3 is 18.0 Å². The van der Waals surface area contributed by atoms with Crippen molar-refractivity contribution in [1.82, 2.24) is 16.0 Å². The van der Waals surface area contributed by atoms with Crippen LogP contribution in [0.5, 0.6) is 0 Å². The number of carboxylic acid groups (broad SMARTS) is 2. The molecule has 4 atom stereocenters. The zero-order chi connectivity index (χ0) is 31.3. The van der Waals surface area contributed by atoms with Gasteiger partial charge in [-0.15, -0.1) is 0 Å². The van der Waals surface area contributed by atoms with E-state index >= 15 is 0 Å². The van der Waals surface area contributed by atoms with Gasteiger partial charge in [-0.25, -0.2) is 9.59 Å². The smallest absolute Gasteiger partial charge is 0.407 e. The summed E-state index contributed by atoms with van der Waals surface area (Å²) in [7, 11) is 0. The molecule has 42 heavy (non-hydrogen) atoms. The van der Waals surface area contributed by atoms with Crippen molar-refractivity contribution < 1.29 is 44.0 Å². The number of alkyl carbamates (subject to hydrolysis) is 1. The maximum Gasteiger partial charge on any atom is 0.407 e. The molecule has 0 aliphatic heterocycles. The fourth-order valence-electron chi connectivity index (χ4n) is 4.05. The van der Waals surface area contributed by atoms with E-state index < -0.39 is 72.5 Å². The summed E-state index contributed by atoms with van der Waals surface area (Å²) in [6, 6.07) is 13.9. The summed E-state index contributed by atoms with van der Waals surface area (Å²) >= 11 is 0. The van der Waals surface area contributed by atoms with E-state index in [9.17, 15) is 34.2 Å². The zero-order valence-corrected chi connectivity index (χ0v) is 23.9. The summed E-state index contributed by atoms with van der Waals surface area (Å²) in [6.07, 6.45) is -3.41. The molecule has 2 aromatic rings. The Morgan fingerprint density at radius 2 is 1.33 bits per heavy atom. The Hall–Kier alpha value is -4.45. The number of nitrogens with one attached hydrogen (secondary N) is 3. The van der Waals surface area contributed by atoms with Gasteiger partial charge in [-0.05, 0) is 44.7 Å². The minimum Gasteiger partial charge on any atom is -0.481 e. The number of carbonyl (C=O) groups is 5. The summed E-state index contributed by atoms with van der Waals surface area (Å²) in [5.41, 5.74) is 0.624. The quantitative estimate of drug-likeness (QED) is 0.181. The lowest BCUT2D eigenvalue weighted by Crippen LogP contribution is -2.53. The monoisotopic (exact) mass is 585 g/mol. The van der Waals surface area contributed by atoms with E-state index in [0.717, 1.165) is 5.56 Å². The number of aliphatic hydroxyl groups excluding tert-OH is 1. The third-order valence-corrected chi connectivity index (χ3v) is 6.06. The minimum absolute atomic E-state index is 0.0300. The van der Waals surface area contributed by atoms with E-state index in [4.69, 9.17) is 9.84 Å². The number of aliphatic hydroxyl groups is 1. The van der Waals surface area contributed by atoms with Crippen molar-refractivity contribution in [2.45, 2.75) is 82.7 Å². The highest BCUT2D eigenvalue weighted by Gasteiger charge is 2.30. The molecule has 228 valence electrons. The van der Waals surface area contributed by atoms with Crippen LogP contribution in [0.25, 0.3) is 0 Å². The van der Waals surface area contributed by atoms with Gasteiger partial charge in [0.1, 0.15) is 17.7 Å². The van der Waals surface area contributed by atoms with Crippen molar-refractivity contribution in [2.75, 3.05) is 0 Å². The van der Waals surface area contributed by atoms with Crippen LogP contribution in [0.3, 0.4) is 0 Å². The second-order valence-corrected chi connectivity index (χ2v) is 10.9. The summed E-state index contributed by atoms with van der Waals surface area (Å²) in [4.78, 5) is 61.4. The van der Waals surface area contributed by atoms with Gasteiger partial charge in [-0.1, -0.05) is 60.7 Å². The molecule has 6 N–H and O–H groups in total. The number of hydrogen-bond donors (Lipinski definition) is 6. The molecule has 0 aliphatic rings. The topological polar surface area (TPSA) is 191 Å². The first-order valence-corrected chi connectivity index (χ1v) is 13.5. The SMILES string of the molecule is CC(C)(C)OC(=O)N[C@H](Cc1ccccc1)[C@H](O)CC(=O)N[C@@H](CCC(=O)O)C(=O)N[C@@H](Cc1ccccc1)C(=O)O. The van der Waals surface area contributed by atoms with Crippen molar-refractivity contribution in [1.29, 1.82) is 0 Å². The van der Waals surface area contributed by atoms with Crippen LogP contribution in [0, 0.1) is 0 Å². The second-order valence-electron chi connectivity index (χ2n) is 10.9. The molecule has 12 heteroatoms. The normalized spacial score (nSPS) is 14.0. The molecule has 0 unspecified atom stereocenters. The second kappa shape index (κ2) is 16.1. The molecular formula is C30H39N3O9. The molecule has 0 heterocycles. The van der Waals surface area contributed by atoms with Crippen LogP contribution in [0.2, 0.25) is 0 Å². The Morgan fingerprint density at radius 3 is 1.83 bits per heavy atom. The molecular weight excluding hydrogens is 546 g/mol. The average Bonchev–Trinajstić information content (AvgIpc) is 2.90. The van der Waals surface area contributed by atoms with Crippen LogP contribution in [-0.4, -0.2) is 75.0 Å². The third kappa shape index (κ3) is 12.8. The van der Waals surface area contributed by atoms with Gasteiger partial charge in [-0.2, -0.15) is 0 Å². The number of ether oxygens (including phenoxy) is 1. The summed E-state index contributed by atoms with van der Waals surface area (Å²) in [5.74, 6) is -4.20. The highest BCUT2D eigenvalue weighted by atomic mass is 16.6. The maximum absolute atomic E-state index is 13.0. The number of amides is 3. The molecule has 12 nitrogen and oxygen atoms in total. The highest BCUT2D eigenvalue weighted by Crippen LogP contribution is 2.13. The first kappa shape index (κ1) is 33.8. The van der Waals surface area contributed by atoms with Crippen LogP contribution >= 0.6 is 0 Å². The van der Waals surface area contributed by atoms with Crippen molar-refractivity contribution >= 4 is 29.8 Å². The molecule has 0 radical (unpaired) electrons. The van der Waals surface area contributed by atoms with E-state index in [1.54, 1.807) is 81.4 Å². The van der Waals surface area contributed by atoms with Crippen molar-refractivity contribution in [3.05, 3.63) is 71.8 Å². The predicted molar refractivity (Wildman–Crippen MR) is 152 cm³/mol. The Bertz CT molecular complexity index is 1200. The fraction of sp³-hybridized carbons (Fsp3) is 0.433. The van der Waals surface area contributed by atoms with E-state index in [1.165, 1.54) is 0 Å². The third-order valence-electron chi connectivity index (χ3n) is 6.06. The lowest BCUT2D eigenvalue weighted by molar-refractivity contribution is -0.143. The van der Waals surface area contributed by atoms with Gasteiger partial charge in [0.25, 0.3) is 0 Å². The van der Waals surface area contributed by atoms with Gasteiger partial charge in [0.05, 0.1) is 18.6 Å². The van der Waals surface area contributed by atoms with Crippen LogP contribution in [0.15, 0.2) is 60.7 Å².